The number of nitrogens with one attached hydrogen (secondary N) is 1. The maximum atomic E-state index is 6.01. The fraction of sp³-hybridized carbons (Fsp3) is 0.286. The highest BCUT2D eigenvalue weighted by atomic mass is 35.5. The van der Waals surface area contributed by atoms with Crippen LogP contribution in [0.4, 0.5) is 0 Å². The van der Waals surface area contributed by atoms with E-state index in [2.05, 4.69) is 35.6 Å². The van der Waals surface area contributed by atoms with Gasteiger partial charge in [0.05, 0.1) is 11.2 Å². The third-order valence-corrected chi connectivity index (χ3v) is 4.82. The first-order valence-corrected chi connectivity index (χ1v) is 8.55. The summed E-state index contributed by atoms with van der Waals surface area (Å²) in [6, 6.07) is 19.2. The average Bonchev–Trinajstić information content (AvgIpc) is 3.08. The maximum Gasteiger partial charge on any atom is 0.0712 e. The SMILES string of the molecule is C.Clc1ccc(-c2cc(CC3CCCN3)c3ccccc3n2)cc1. The summed E-state index contributed by atoms with van der Waals surface area (Å²) in [6.07, 6.45) is 3.59. The molecule has 124 valence electrons. The molecule has 24 heavy (non-hydrogen) atoms. The zero-order valence-electron chi connectivity index (χ0n) is 12.9. The number of halogens is 1. The Bertz CT molecular complexity index is 821. The number of benzene rings is 2. The van der Waals surface area contributed by atoms with Crippen molar-refractivity contribution in [2.45, 2.75) is 32.7 Å². The molecule has 1 aliphatic heterocycles. The molecule has 2 aromatic carbocycles. The third kappa shape index (κ3) is 3.45. The molecule has 0 aliphatic carbocycles. The van der Waals surface area contributed by atoms with Gasteiger partial charge in [-0.25, -0.2) is 4.98 Å². The van der Waals surface area contributed by atoms with Gasteiger partial charge in [-0.1, -0.05) is 49.4 Å². The fourth-order valence-corrected chi connectivity index (χ4v) is 3.51. The highest BCUT2D eigenvalue weighted by molar-refractivity contribution is 6.30. The number of fused-ring (bicyclic) bond motifs is 1. The van der Waals surface area contributed by atoms with Crippen LogP contribution in [0.1, 0.15) is 25.8 Å². The van der Waals surface area contributed by atoms with Crippen LogP contribution in [0.25, 0.3) is 22.2 Å². The molecule has 1 atom stereocenters. The molecular formula is C21H23ClN2. The first-order chi connectivity index (χ1) is 11.3. The maximum absolute atomic E-state index is 6.01. The molecular weight excluding hydrogens is 316 g/mol. The van der Waals surface area contributed by atoms with Gasteiger partial charge in [-0.2, -0.15) is 0 Å². The predicted octanol–water partition coefficient (Wildman–Crippen LogP) is 5.49. The smallest absolute Gasteiger partial charge is 0.0712 e. The first kappa shape index (κ1) is 16.9. The van der Waals surface area contributed by atoms with Gasteiger partial charge in [-0.05, 0) is 55.6 Å². The number of pyridine rings is 1. The summed E-state index contributed by atoms with van der Waals surface area (Å²) in [4.78, 5) is 4.85. The lowest BCUT2D eigenvalue weighted by Crippen LogP contribution is -2.23. The second-order valence-corrected chi connectivity index (χ2v) is 6.62. The Morgan fingerprint density at radius 3 is 2.62 bits per heavy atom. The van der Waals surface area contributed by atoms with Crippen molar-refractivity contribution in [1.29, 1.82) is 0 Å². The van der Waals surface area contributed by atoms with Crippen LogP contribution in [0, 0.1) is 0 Å². The first-order valence-electron chi connectivity index (χ1n) is 8.17. The molecule has 2 nitrogen and oxygen atoms in total. The average molecular weight is 339 g/mol. The molecule has 1 N–H and O–H groups in total. The summed E-state index contributed by atoms with van der Waals surface area (Å²) in [7, 11) is 0. The molecule has 0 saturated carbocycles. The van der Waals surface area contributed by atoms with E-state index in [9.17, 15) is 0 Å². The second kappa shape index (κ2) is 7.33. The predicted molar refractivity (Wildman–Crippen MR) is 104 cm³/mol. The molecule has 0 spiro atoms. The van der Waals surface area contributed by atoms with Crippen LogP contribution >= 0.6 is 11.6 Å². The summed E-state index contributed by atoms with van der Waals surface area (Å²) >= 11 is 6.01. The highest BCUT2D eigenvalue weighted by Crippen LogP contribution is 2.27. The van der Waals surface area contributed by atoms with Crippen molar-refractivity contribution in [1.82, 2.24) is 10.3 Å². The fourth-order valence-electron chi connectivity index (χ4n) is 3.38. The zero-order chi connectivity index (χ0) is 15.6. The van der Waals surface area contributed by atoms with Gasteiger partial charge in [0.2, 0.25) is 0 Å². The zero-order valence-corrected chi connectivity index (χ0v) is 13.7. The lowest BCUT2D eigenvalue weighted by atomic mass is 9.98. The van der Waals surface area contributed by atoms with Crippen LogP contribution in [-0.2, 0) is 6.42 Å². The van der Waals surface area contributed by atoms with Gasteiger partial charge in [-0.3, -0.25) is 0 Å². The Morgan fingerprint density at radius 1 is 1.08 bits per heavy atom. The van der Waals surface area contributed by atoms with E-state index in [4.69, 9.17) is 16.6 Å². The molecule has 4 rings (SSSR count). The molecule has 0 radical (unpaired) electrons. The molecule has 0 amide bonds. The lowest BCUT2D eigenvalue weighted by molar-refractivity contribution is 0.605. The van der Waals surface area contributed by atoms with Gasteiger partial charge < -0.3 is 5.32 Å². The van der Waals surface area contributed by atoms with Crippen LogP contribution in [0.5, 0.6) is 0 Å². The number of hydrogen-bond donors (Lipinski definition) is 1. The Morgan fingerprint density at radius 2 is 1.88 bits per heavy atom. The number of hydrogen-bond acceptors (Lipinski definition) is 2. The van der Waals surface area contributed by atoms with E-state index in [-0.39, 0.29) is 7.43 Å². The normalized spacial score (nSPS) is 17.0. The number of nitrogens with zero attached hydrogens (tertiary/aromatic N) is 1. The van der Waals surface area contributed by atoms with Crippen molar-refractivity contribution in [2.24, 2.45) is 0 Å². The summed E-state index contributed by atoms with van der Waals surface area (Å²) in [5.74, 6) is 0. The van der Waals surface area contributed by atoms with E-state index >= 15 is 0 Å². The molecule has 1 aromatic heterocycles. The van der Waals surface area contributed by atoms with Crippen molar-refractivity contribution in [3.05, 3.63) is 65.2 Å². The quantitative estimate of drug-likeness (QED) is 0.683. The molecule has 3 heteroatoms. The van der Waals surface area contributed by atoms with E-state index in [1.807, 2.05) is 24.3 Å². The van der Waals surface area contributed by atoms with Crippen LogP contribution in [-0.4, -0.2) is 17.6 Å². The van der Waals surface area contributed by atoms with E-state index < -0.39 is 0 Å². The molecule has 1 fully saturated rings. The van der Waals surface area contributed by atoms with Gasteiger partial charge in [0.1, 0.15) is 0 Å². The van der Waals surface area contributed by atoms with Crippen LogP contribution in [0.2, 0.25) is 5.02 Å². The van der Waals surface area contributed by atoms with E-state index in [1.54, 1.807) is 0 Å². The number of para-hydroxylation sites is 1. The standard InChI is InChI=1S/C20H19ClN2.CH4/c21-16-9-7-14(8-10-16)20-13-15(12-17-4-3-11-22-17)18-5-1-2-6-19(18)23-20;/h1-2,5-10,13,17,22H,3-4,11-12H2;1H4. The summed E-state index contributed by atoms with van der Waals surface area (Å²) in [5.41, 5.74) is 4.57. The monoisotopic (exact) mass is 338 g/mol. The Kier molecular flexibility index (Phi) is 5.17. The topological polar surface area (TPSA) is 24.9 Å². The molecule has 2 heterocycles. The van der Waals surface area contributed by atoms with Gasteiger partial charge in [0, 0.05) is 22.0 Å². The molecule has 1 saturated heterocycles. The summed E-state index contributed by atoms with van der Waals surface area (Å²) in [5, 5.41) is 5.62. The molecule has 1 unspecified atom stereocenters. The van der Waals surface area contributed by atoms with Crippen molar-refractivity contribution in [3.8, 4) is 11.3 Å². The van der Waals surface area contributed by atoms with Gasteiger partial charge in [0.25, 0.3) is 0 Å². The van der Waals surface area contributed by atoms with Gasteiger partial charge in [-0.15, -0.1) is 0 Å². The van der Waals surface area contributed by atoms with E-state index in [0.717, 1.165) is 34.8 Å². The largest absolute Gasteiger partial charge is 0.314 e. The van der Waals surface area contributed by atoms with Crippen molar-refractivity contribution in [3.63, 3.8) is 0 Å². The van der Waals surface area contributed by atoms with Crippen molar-refractivity contribution < 1.29 is 0 Å². The van der Waals surface area contributed by atoms with Crippen molar-refractivity contribution >= 4 is 22.5 Å². The lowest BCUT2D eigenvalue weighted by Gasteiger charge is -2.14. The molecule has 1 aliphatic rings. The molecule has 0 bridgehead atoms. The van der Waals surface area contributed by atoms with Crippen LogP contribution in [0.3, 0.4) is 0 Å². The minimum Gasteiger partial charge on any atom is -0.314 e. The minimum absolute atomic E-state index is 0. The Balaban J connectivity index is 0.00000169. The molecule has 3 aromatic rings. The Hall–Kier alpha value is -1.90. The van der Waals surface area contributed by atoms with E-state index in [1.165, 1.54) is 23.8 Å². The third-order valence-electron chi connectivity index (χ3n) is 4.57. The number of aromatic nitrogens is 1. The van der Waals surface area contributed by atoms with Gasteiger partial charge in [0.15, 0.2) is 0 Å². The van der Waals surface area contributed by atoms with Gasteiger partial charge >= 0.3 is 0 Å². The van der Waals surface area contributed by atoms with Crippen LogP contribution < -0.4 is 5.32 Å². The van der Waals surface area contributed by atoms with Crippen LogP contribution in [0.15, 0.2) is 54.6 Å². The second-order valence-electron chi connectivity index (χ2n) is 6.19. The minimum atomic E-state index is 0. The highest BCUT2D eigenvalue weighted by Gasteiger charge is 2.17. The van der Waals surface area contributed by atoms with Crippen molar-refractivity contribution in [2.75, 3.05) is 6.54 Å². The Labute approximate surface area is 148 Å². The summed E-state index contributed by atoms with van der Waals surface area (Å²) < 4.78 is 0. The summed E-state index contributed by atoms with van der Waals surface area (Å²) in [6.45, 7) is 1.14. The van der Waals surface area contributed by atoms with E-state index in [0.29, 0.717) is 6.04 Å². The number of rotatable bonds is 3.